The molecule has 2 aromatic heterocycles. The summed E-state index contributed by atoms with van der Waals surface area (Å²) in [4.78, 5) is 11.8. The van der Waals surface area contributed by atoms with Gasteiger partial charge in [-0.1, -0.05) is 42.5 Å². The topological polar surface area (TPSA) is 58.9 Å². The van der Waals surface area contributed by atoms with E-state index in [1.54, 1.807) is 12.1 Å². The first-order valence-corrected chi connectivity index (χ1v) is 11.3. The molecule has 1 N–H and O–H groups in total. The molecule has 6 nitrogen and oxygen atoms in total. The summed E-state index contributed by atoms with van der Waals surface area (Å²) in [5, 5.41) is 8.07. The average molecular weight is 443 g/mol. The molecule has 1 aliphatic rings. The highest BCUT2D eigenvalue weighted by Gasteiger charge is 2.19. The van der Waals surface area contributed by atoms with E-state index >= 15 is 0 Å². The lowest BCUT2D eigenvalue weighted by Gasteiger charge is -2.29. The Balaban J connectivity index is 1.47. The van der Waals surface area contributed by atoms with Crippen LogP contribution < -0.4 is 5.32 Å². The number of likely N-dealkylation sites (tertiary alicyclic amines) is 1. The molecule has 0 atom stereocenters. The van der Waals surface area contributed by atoms with E-state index in [2.05, 4.69) is 39.5 Å². The Bertz CT molecular complexity index is 1200. The van der Waals surface area contributed by atoms with Crippen molar-refractivity contribution in [3.05, 3.63) is 84.6 Å². The quantitative estimate of drug-likeness (QED) is 0.469. The summed E-state index contributed by atoms with van der Waals surface area (Å²) in [6.07, 6.45) is 7.77. The van der Waals surface area contributed by atoms with Crippen LogP contribution in [0.4, 0.5) is 10.3 Å². The van der Waals surface area contributed by atoms with Crippen LogP contribution in [0.2, 0.25) is 0 Å². The fraction of sp³-hybridized carbons (Fsp3) is 0.269. The fourth-order valence-corrected chi connectivity index (χ4v) is 4.19. The lowest BCUT2D eigenvalue weighted by Crippen LogP contribution is -2.37. The third-order valence-corrected chi connectivity index (χ3v) is 6.09. The van der Waals surface area contributed by atoms with Gasteiger partial charge >= 0.3 is 0 Å². The maximum Gasteiger partial charge on any atom is 0.223 e. The van der Waals surface area contributed by atoms with Gasteiger partial charge in [0, 0.05) is 29.6 Å². The molecule has 0 radical (unpaired) electrons. The van der Waals surface area contributed by atoms with Crippen LogP contribution in [0.15, 0.2) is 73.2 Å². The summed E-state index contributed by atoms with van der Waals surface area (Å²) in [6.45, 7) is 2.80. The van der Waals surface area contributed by atoms with Crippen molar-refractivity contribution in [3.63, 3.8) is 0 Å². The summed E-state index contributed by atoms with van der Waals surface area (Å²) < 4.78 is 15.4. The predicted octanol–water partition coefficient (Wildman–Crippen LogP) is 4.70. The summed E-state index contributed by atoms with van der Waals surface area (Å²) in [5.41, 5.74) is 4.58. The Morgan fingerprint density at radius 1 is 0.970 bits per heavy atom. The minimum absolute atomic E-state index is 0.266. The molecule has 0 aliphatic carbocycles. The highest BCUT2D eigenvalue weighted by atomic mass is 19.1. The predicted molar refractivity (Wildman–Crippen MR) is 128 cm³/mol. The van der Waals surface area contributed by atoms with Gasteiger partial charge in [-0.05, 0) is 56.2 Å². The van der Waals surface area contributed by atoms with Crippen LogP contribution in [0.5, 0.6) is 0 Å². The van der Waals surface area contributed by atoms with Gasteiger partial charge in [0.05, 0.1) is 18.4 Å². The van der Waals surface area contributed by atoms with Gasteiger partial charge in [0.15, 0.2) is 0 Å². The first-order chi connectivity index (χ1) is 16.1. The molecule has 33 heavy (non-hydrogen) atoms. The second-order valence-corrected chi connectivity index (χ2v) is 8.60. The molecule has 1 saturated heterocycles. The Morgan fingerprint density at radius 3 is 2.48 bits per heavy atom. The molecule has 5 rings (SSSR count). The van der Waals surface area contributed by atoms with Gasteiger partial charge in [-0.2, -0.15) is 5.10 Å². The summed E-state index contributed by atoms with van der Waals surface area (Å²) in [6, 6.07) is 17.0. The standard InChI is InChI=1S/C26H27FN6/c1-32-13-11-23(12-14-32)30-26-28-16-24(20-7-9-22(27)10-8-20)25(31-26)21-15-29-33(18-21)17-19-5-3-2-4-6-19/h2-10,15-16,18,23H,11-14,17H2,1H3,(H,28,30,31). The molecule has 1 aliphatic heterocycles. The number of benzene rings is 2. The highest BCUT2D eigenvalue weighted by Crippen LogP contribution is 2.31. The number of rotatable bonds is 6. The van der Waals surface area contributed by atoms with Crippen LogP contribution >= 0.6 is 0 Å². The third kappa shape index (κ3) is 5.09. The monoisotopic (exact) mass is 442 g/mol. The van der Waals surface area contributed by atoms with Gasteiger partial charge in [-0.15, -0.1) is 0 Å². The molecule has 0 amide bonds. The van der Waals surface area contributed by atoms with E-state index in [0.717, 1.165) is 48.3 Å². The zero-order valence-corrected chi connectivity index (χ0v) is 18.7. The molecule has 0 spiro atoms. The molecular weight excluding hydrogens is 415 g/mol. The average Bonchev–Trinajstić information content (AvgIpc) is 3.30. The van der Waals surface area contributed by atoms with Crippen LogP contribution in [0.1, 0.15) is 18.4 Å². The van der Waals surface area contributed by atoms with E-state index in [0.29, 0.717) is 18.5 Å². The summed E-state index contributed by atoms with van der Waals surface area (Å²) in [5.74, 6) is 0.346. The molecular formula is C26H27FN6. The van der Waals surface area contributed by atoms with E-state index in [1.807, 2.05) is 41.5 Å². The van der Waals surface area contributed by atoms with Gasteiger partial charge in [0.25, 0.3) is 0 Å². The number of aromatic nitrogens is 4. The largest absolute Gasteiger partial charge is 0.351 e. The Labute approximate surface area is 193 Å². The van der Waals surface area contributed by atoms with Crippen LogP contribution in [-0.4, -0.2) is 50.8 Å². The number of hydrogen-bond acceptors (Lipinski definition) is 5. The van der Waals surface area contributed by atoms with E-state index in [4.69, 9.17) is 4.98 Å². The van der Waals surface area contributed by atoms with Crippen molar-refractivity contribution in [2.45, 2.75) is 25.4 Å². The van der Waals surface area contributed by atoms with Crippen LogP contribution in [0.25, 0.3) is 22.4 Å². The van der Waals surface area contributed by atoms with Gasteiger partial charge in [0.1, 0.15) is 5.82 Å². The summed E-state index contributed by atoms with van der Waals surface area (Å²) >= 11 is 0. The zero-order valence-electron chi connectivity index (χ0n) is 18.7. The number of piperidine rings is 1. The molecule has 0 bridgehead atoms. The highest BCUT2D eigenvalue weighted by molar-refractivity contribution is 5.80. The van der Waals surface area contributed by atoms with Crippen molar-refractivity contribution in [1.29, 1.82) is 0 Å². The van der Waals surface area contributed by atoms with Crippen LogP contribution in [0.3, 0.4) is 0 Å². The molecule has 3 heterocycles. The lowest BCUT2D eigenvalue weighted by atomic mass is 10.0. The van der Waals surface area contributed by atoms with Crippen molar-refractivity contribution in [2.24, 2.45) is 0 Å². The van der Waals surface area contributed by atoms with Crippen molar-refractivity contribution in [3.8, 4) is 22.4 Å². The number of hydrogen-bond donors (Lipinski definition) is 1. The van der Waals surface area contributed by atoms with E-state index < -0.39 is 0 Å². The molecule has 0 saturated carbocycles. The zero-order chi connectivity index (χ0) is 22.6. The Hall–Kier alpha value is -3.58. The number of nitrogens with one attached hydrogen (secondary N) is 1. The maximum atomic E-state index is 13.5. The Morgan fingerprint density at radius 2 is 1.73 bits per heavy atom. The minimum Gasteiger partial charge on any atom is -0.351 e. The number of nitrogens with zero attached hydrogens (tertiary/aromatic N) is 5. The second-order valence-electron chi connectivity index (χ2n) is 8.60. The molecule has 4 aromatic rings. The second kappa shape index (κ2) is 9.50. The lowest BCUT2D eigenvalue weighted by molar-refractivity contribution is 0.263. The normalized spacial score (nSPS) is 15.0. The molecule has 7 heteroatoms. The smallest absolute Gasteiger partial charge is 0.223 e. The van der Waals surface area contributed by atoms with Gasteiger partial charge in [0.2, 0.25) is 5.95 Å². The van der Waals surface area contributed by atoms with Crippen LogP contribution in [-0.2, 0) is 6.54 Å². The van der Waals surface area contributed by atoms with Crippen molar-refractivity contribution in [2.75, 3.05) is 25.5 Å². The van der Waals surface area contributed by atoms with E-state index in [9.17, 15) is 4.39 Å². The van der Waals surface area contributed by atoms with Crippen molar-refractivity contribution >= 4 is 5.95 Å². The first-order valence-electron chi connectivity index (χ1n) is 11.3. The van der Waals surface area contributed by atoms with Gasteiger partial charge in [-0.25, -0.2) is 14.4 Å². The van der Waals surface area contributed by atoms with E-state index in [-0.39, 0.29) is 5.82 Å². The third-order valence-electron chi connectivity index (χ3n) is 6.09. The van der Waals surface area contributed by atoms with E-state index in [1.165, 1.54) is 17.7 Å². The SMILES string of the molecule is CN1CCC(Nc2ncc(-c3ccc(F)cc3)c(-c3cnn(Cc4ccccc4)c3)n2)CC1. The van der Waals surface area contributed by atoms with Gasteiger partial charge in [-0.3, -0.25) is 4.68 Å². The van der Waals surface area contributed by atoms with Crippen LogP contribution in [0, 0.1) is 5.82 Å². The first kappa shape index (κ1) is 21.3. The summed E-state index contributed by atoms with van der Waals surface area (Å²) in [7, 11) is 2.15. The molecule has 168 valence electrons. The van der Waals surface area contributed by atoms with Gasteiger partial charge < -0.3 is 10.2 Å². The van der Waals surface area contributed by atoms with Crippen molar-refractivity contribution in [1.82, 2.24) is 24.6 Å². The van der Waals surface area contributed by atoms with Crippen molar-refractivity contribution < 1.29 is 4.39 Å². The maximum absolute atomic E-state index is 13.5. The minimum atomic E-state index is -0.266. The molecule has 2 aromatic carbocycles. The Kier molecular flexibility index (Phi) is 6.13. The number of halogens is 1. The molecule has 0 unspecified atom stereocenters. The number of anilines is 1. The fourth-order valence-electron chi connectivity index (χ4n) is 4.19. The molecule has 1 fully saturated rings.